The van der Waals surface area contributed by atoms with Crippen molar-refractivity contribution < 1.29 is 4.79 Å². The minimum absolute atomic E-state index is 0.202. The highest BCUT2D eigenvalue weighted by molar-refractivity contribution is 5.94. The number of hydrogen-bond acceptors (Lipinski definition) is 2. The fraction of sp³-hybridized carbons (Fsp3) is 0.538. The lowest BCUT2D eigenvalue weighted by Crippen LogP contribution is -2.03. The number of nitrogens with zero attached hydrogens (tertiary/aromatic N) is 1. The normalized spacial score (nSPS) is 15.7. The van der Waals surface area contributed by atoms with Gasteiger partial charge >= 0.3 is 0 Å². The van der Waals surface area contributed by atoms with E-state index < -0.39 is 0 Å². The zero-order chi connectivity index (χ0) is 10.8. The number of ketones is 1. The third-order valence-electron chi connectivity index (χ3n) is 2.91. The Morgan fingerprint density at radius 2 is 2.20 bits per heavy atom. The number of Topliss-reactive ketones (excluding diaryl/α,β-unsaturated/α-hetero) is 1. The van der Waals surface area contributed by atoms with E-state index in [0.29, 0.717) is 24.0 Å². The van der Waals surface area contributed by atoms with Crippen LogP contribution in [-0.2, 0) is 0 Å². The molecule has 1 aliphatic rings. The Bertz CT molecular complexity index is 349. The molecule has 1 aliphatic carbocycles. The molecule has 1 heterocycles. The van der Waals surface area contributed by atoms with E-state index in [1.54, 1.807) is 0 Å². The van der Waals surface area contributed by atoms with Gasteiger partial charge in [0.1, 0.15) is 5.69 Å². The maximum absolute atomic E-state index is 11.7. The van der Waals surface area contributed by atoms with E-state index in [-0.39, 0.29) is 5.78 Å². The van der Waals surface area contributed by atoms with Crippen molar-refractivity contribution in [1.82, 2.24) is 4.98 Å². The zero-order valence-electron chi connectivity index (χ0n) is 9.36. The summed E-state index contributed by atoms with van der Waals surface area (Å²) in [5.41, 5.74) is 1.82. The van der Waals surface area contributed by atoms with Crippen LogP contribution in [0, 0.1) is 5.92 Å². The maximum Gasteiger partial charge on any atom is 0.181 e. The molecule has 2 nitrogen and oxygen atoms in total. The Labute approximate surface area is 90.7 Å². The highest BCUT2D eigenvalue weighted by Gasteiger charge is 2.25. The van der Waals surface area contributed by atoms with Gasteiger partial charge in [-0.2, -0.15) is 0 Å². The lowest BCUT2D eigenvalue weighted by molar-refractivity contribution is 0.0971. The van der Waals surface area contributed by atoms with Crippen molar-refractivity contribution in [2.45, 2.75) is 39.0 Å². The van der Waals surface area contributed by atoms with Crippen LogP contribution in [0.15, 0.2) is 18.3 Å². The SMILES string of the molecule is CC(C)c1ccc(C(=O)CC2CC2)nc1. The predicted octanol–water partition coefficient (Wildman–Crippen LogP) is 3.19. The van der Waals surface area contributed by atoms with Gasteiger partial charge in [0.2, 0.25) is 0 Å². The number of aromatic nitrogens is 1. The molecule has 2 heteroatoms. The minimum atomic E-state index is 0.202. The first-order chi connectivity index (χ1) is 7.16. The van der Waals surface area contributed by atoms with Crippen LogP contribution in [0.25, 0.3) is 0 Å². The average molecular weight is 203 g/mol. The summed E-state index contributed by atoms with van der Waals surface area (Å²) < 4.78 is 0. The van der Waals surface area contributed by atoms with Gasteiger partial charge in [-0.25, -0.2) is 0 Å². The Hall–Kier alpha value is -1.18. The molecule has 0 atom stereocenters. The fourth-order valence-electron chi connectivity index (χ4n) is 1.60. The van der Waals surface area contributed by atoms with E-state index in [2.05, 4.69) is 18.8 Å². The van der Waals surface area contributed by atoms with Gasteiger partial charge in [-0.3, -0.25) is 9.78 Å². The molecular weight excluding hydrogens is 186 g/mol. The van der Waals surface area contributed by atoms with Gasteiger partial charge in [0.05, 0.1) is 0 Å². The van der Waals surface area contributed by atoms with Gasteiger partial charge in [0.25, 0.3) is 0 Å². The van der Waals surface area contributed by atoms with Crippen LogP contribution in [0.4, 0.5) is 0 Å². The van der Waals surface area contributed by atoms with Crippen LogP contribution in [0.5, 0.6) is 0 Å². The molecule has 80 valence electrons. The first-order valence-corrected chi connectivity index (χ1v) is 5.66. The lowest BCUT2D eigenvalue weighted by atomic mass is 10.0. The molecule has 15 heavy (non-hydrogen) atoms. The van der Waals surface area contributed by atoms with Crippen LogP contribution in [0.2, 0.25) is 0 Å². The van der Waals surface area contributed by atoms with Crippen LogP contribution in [-0.4, -0.2) is 10.8 Å². The third-order valence-corrected chi connectivity index (χ3v) is 2.91. The summed E-state index contributed by atoms with van der Waals surface area (Å²) in [6, 6.07) is 3.87. The molecule has 1 aromatic heterocycles. The highest BCUT2D eigenvalue weighted by Crippen LogP contribution is 2.33. The predicted molar refractivity (Wildman–Crippen MR) is 60.0 cm³/mol. The first kappa shape index (κ1) is 10.3. The largest absolute Gasteiger partial charge is 0.292 e. The smallest absolute Gasteiger partial charge is 0.181 e. The quantitative estimate of drug-likeness (QED) is 0.703. The Kier molecular flexibility index (Phi) is 2.85. The average Bonchev–Trinajstić information content (AvgIpc) is 3.02. The van der Waals surface area contributed by atoms with Crippen LogP contribution >= 0.6 is 0 Å². The van der Waals surface area contributed by atoms with Gasteiger partial charge < -0.3 is 0 Å². The molecule has 1 aromatic rings. The molecule has 0 saturated heterocycles. The van der Waals surface area contributed by atoms with Crippen molar-refractivity contribution in [2.24, 2.45) is 5.92 Å². The first-order valence-electron chi connectivity index (χ1n) is 5.66. The molecule has 0 aromatic carbocycles. The minimum Gasteiger partial charge on any atom is -0.292 e. The van der Waals surface area contributed by atoms with Gasteiger partial charge in [0.15, 0.2) is 5.78 Å². The molecule has 2 rings (SSSR count). The Morgan fingerprint density at radius 1 is 1.47 bits per heavy atom. The summed E-state index contributed by atoms with van der Waals surface area (Å²) in [6.07, 6.45) is 4.95. The molecule has 0 radical (unpaired) electrons. The summed E-state index contributed by atoms with van der Waals surface area (Å²) in [6.45, 7) is 4.26. The summed E-state index contributed by atoms with van der Waals surface area (Å²) in [4.78, 5) is 15.9. The monoisotopic (exact) mass is 203 g/mol. The number of rotatable bonds is 4. The van der Waals surface area contributed by atoms with Crippen molar-refractivity contribution in [3.8, 4) is 0 Å². The zero-order valence-corrected chi connectivity index (χ0v) is 9.36. The molecule has 0 aliphatic heterocycles. The molecular formula is C13H17NO. The molecule has 0 bridgehead atoms. The molecule has 0 N–H and O–H groups in total. The van der Waals surface area contributed by atoms with Crippen LogP contribution < -0.4 is 0 Å². The summed E-state index contributed by atoms with van der Waals surface area (Å²) in [5.74, 6) is 1.32. The van der Waals surface area contributed by atoms with E-state index in [0.717, 1.165) is 0 Å². The van der Waals surface area contributed by atoms with Crippen molar-refractivity contribution in [3.63, 3.8) is 0 Å². The second-order valence-electron chi connectivity index (χ2n) is 4.70. The standard InChI is InChI=1S/C13H17NO/c1-9(2)11-5-6-12(14-8-11)13(15)7-10-3-4-10/h5-6,8-10H,3-4,7H2,1-2H3. The number of pyridine rings is 1. The lowest BCUT2D eigenvalue weighted by Gasteiger charge is -2.05. The molecule has 0 unspecified atom stereocenters. The van der Waals surface area contributed by atoms with Gasteiger partial charge in [0, 0.05) is 12.6 Å². The third kappa shape index (κ3) is 2.65. The number of carbonyl (C=O) groups excluding carboxylic acids is 1. The summed E-state index contributed by atoms with van der Waals surface area (Å²) in [7, 11) is 0. The van der Waals surface area contributed by atoms with E-state index in [4.69, 9.17) is 0 Å². The maximum atomic E-state index is 11.7. The summed E-state index contributed by atoms with van der Waals surface area (Å²) in [5, 5.41) is 0. The number of carbonyl (C=O) groups is 1. The topological polar surface area (TPSA) is 30.0 Å². The Balaban J connectivity index is 2.04. The van der Waals surface area contributed by atoms with E-state index in [9.17, 15) is 4.79 Å². The fourth-order valence-corrected chi connectivity index (χ4v) is 1.60. The molecule has 1 fully saturated rings. The van der Waals surface area contributed by atoms with Crippen LogP contribution in [0.1, 0.15) is 55.1 Å². The molecule has 1 saturated carbocycles. The van der Waals surface area contributed by atoms with E-state index in [1.165, 1.54) is 18.4 Å². The van der Waals surface area contributed by atoms with E-state index >= 15 is 0 Å². The number of hydrogen-bond donors (Lipinski definition) is 0. The van der Waals surface area contributed by atoms with E-state index in [1.807, 2.05) is 18.3 Å². The molecule has 0 amide bonds. The summed E-state index contributed by atoms with van der Waals surface area (Å²) >= 11 is 0. The highest BCUT2D eigenvalue weighted by atomic mass is 16.1. The second-order valence-corrected chi connectivity index (χ2v) is 4.70. The van der Waals surface area contributed by atoms with Crippen molar-refractivity contribution in [3.05, 3.63) is 29.6 Å². The van der Waals surface area contributed by atoms with Crippen molar-refractivity contribution >= 4 is 5.78 Å². The van der Waals surface area contributed by atoms with Gasteiger partial charge in [-0.1, -0.05) is 19.9 Å². The van der Waals surface area contributed by atoms with Crippen LogP contribution in [0.3, 0.4) is 0 Å². The van der Waals surface area contributed by atoms with Crippen molar-refractivity contribution in [1.29, 1.82) is 0 Å². The van der Waals surface area contributed by atoms with Crippen molar-refractivity contribution in [2.75, 3.05) is 0 Å². The molecule has 0 spiro atoms. The van der Waals surface area contributed by atoms with Gasteiger partial charge in [-0.05, 0) is 36.3 Å². The van der Waals surface area contributed by atoms with Gasteiger partial charge in [-0.15, -0.1) is 0 Å². The Morgan fingerprint density at radius 3 is 2.67 bits per heavy atom. The second kappa shape index (κ2) is 4.13.